The minimum Gasteiger partial charge on any atom is -0.356 e. The second-order valence-electron chi connectivity index (χ2n) is 6.09. The molecule has 6 heteroatoms. The molecule has 1 aliphatic rings. The van der Waals surface area contributed by atoms with Gasteiger partial charge in [0.05, 0.1) is 18.8 Å². The van der Waals surface area contributed by atoms with Crippen molar-refractivity contribution in [2.45, 2.75) is 32.4 Å². The number of hydrogen-bond donors (Lipinski definition) is 1. The van der Waals surface area contributed by atoms with E-state index in [0.717, 1.165) is 24.1 Å². The molecule has 2 heterocycles. The first kappa shape index (κ1) is 17.0. The van der Waals surface area contributed by atoms with Crippen LogP contribution in [0.2, 0.25) is 0 Å². The van der Waals surface area contributed by atoms with E-state index in [1.165, 1.54) is 6.92 Å². The van der Waals surface area contributed by atoms with E-state index in [1.54, 1.807) is 23.6 Å². The molecular weight excluding hydrogens is 316 g/mol. The summed E-state index contributed by atoms with van der Waals surface area (Å²) >= 11 is 0. The van der Waals surface area contributed by atoms with Crippen molar-refractivity contribution < 1.29 is 9.59 Å². The Morgan fingerprint density at radius 1 is 1.28 bits per heavy atom. The number of carbonyl (C=O) groups is 2. The summed E-state index contributed by atoms with van der Waals surface area (Å²) in [6, 6.07) is 7.62. The van der Waals surface area contributed by atoms with Crippen molar-refractivity contribution >= 4 is 17.9 Å². The number of imidazole rings is 1. The van der Waals surface area contributed by atoms with Gasteiger partial charge in [0.1, 0.15) is 0 Å². The summed E-state index contributed by atoms with van der Waals surface area (Å²) in [5.41, 5.74) is 2.06. The molecule has 130 valence electrons. The van der Waals surface area contributed by atoms with Crippen LogP contribution in [-0.2, 0) is 16.1 Å². The van der Waals surface area contributed by atoms with Gasteiger partial charge in [0.15, 0.2) is 0 Å². The number of nitrogens with one attached hydrogen (secondary N) is 1. The van der Waals surface area contributed by atoms with Gasteiger partial charge in [-0.2, -0.15) is 0 Å². The molecule has 1 aliphatic heterocycles. The minimum absolute atomic E-state index is 0.0491. The van der Waals surface area contributed by atoms with Gasteiger partial charge >= 0.3 is 0 Å². The van der Waals surface area contributed by atoms with Crippen LogP contribution in [0.4, 0.5) is 0 Å². The number of amides is 2. The van der Waals surface area contributed by atoms with Crippen LogP contribution in [0.5, 0.6) is 0 Å². The Morgan fingerprint density at radius 3 is 2.88 bits per heavy atom. The molecule has 0 fully saturated rings. The van der Waals surface area contributed by atoms with Gasteiger partial charge in [0.2, 0.25) is 11.8 Å². The van der Waals surface area contributed by atoms with Crippen LogP contribution in [0.25, 0.3) is 6.08 Å². The number of rotatable bonds is 6. The quantitative estimate of drug-likeness (QED) is 0.822. The van der Waals surface area contributed by atoms with E-state index in [9.17, 15) is 9.59 Å². The third-order valence-electron chi connectivity index (χ3n) is 4.32. The largest absolute Gasteiger partial charge is 0.356 e. The van der Waals surface area contributed by atoms with E-state index >= 15 is 0 Å². The van der Waals surface area contributed by atoms with Crippen LogP contribution >= 0.6 is 0 Å². The smallest absolute Gasteiger partial charge is 0.223 e. The molecule has 0 saturated heterocycles. The summed E-state index contributed by atoms with van der Waals surface area (Å²) < 4.78 is 1.98. The number of carbonyl (C=O) groups excluding carboxylic acids is 2. The normalized spacial score (nSPS) is 15.7. The topological polar surface area (TPSA) is 67.2 Å². The summed E-state index contributed by atoms with van der Waals surface area (Å²) in [7, 11) is 0. The molecule has 1 N–H and O–H groups in total. The third kappa shape index (κ3) is 4.15. The van der Waals surface area contributed by atoms with E-state index in [1.807, 2.05) is 41.1 Å². The predicted octanol–water partition coefficient (Wildman–Crippen LogP) is 2.35. The monoisotopic (exact) mass is 338 g/mol. The van der Waals surface area contributed by atoms with E-state index in [-0.39, 0.29) is 24.3 Å². The number of aromatic nitrogens is 2. The maximum atomic E-state index is 12.4. The van der Waals surface area contributed by atoms with Crippen molar-refractivity contribution in [3.05, 3.63) is 60.3 Å². The van der Waals surface area contributed by atoms with E-state index < -0.39 is 0 Å². The second kappa shape index (κ2) is 7.79. The van der Waals surface area contributed by atoms with E-state index in [2.05, 4.69) is 10.3 Å². The number of nitrogens with zero attached hydrogens (tertiary/aromatic N) is 3. The molecule has 0 spiro atoms. The fourth-order valence-electron chi connectivity index (χ4n) is 3.07. The van der Waals surface area contributed by atoms with Crippen LogP contribution in [0, 0.1) is 0 Å². The zero-order valence-corrected chi connectivity index (χ0v) is 14.3. The second-order valence-corrected chi connectivity index (χ2v) is 6.09. The molecule has 0 radical (unpaired) electrons. The van der Waals surface area contributed by atoms with Crippen LogP contribution < -0.4 is 5.32 Å². The molecule has 1 aromatic carbocycles. The first-order valence-electron chi connectivity index (χ1n) is 8.43. The molecule has 6 nitrogen and oxygen atoms in total. The van der Waals surface area contributed by atoms with Gasteiger partial charge in [-0.1, -0.05) is 24.3 Å². The number of aryl methyl sites for hydroxylation is 1. The molecule has 0 unspecified atom stereocenters. The van der Waals surface area contributed by atoms with Crippen LogP contribution in [-0.4, -0.2) is 32.8 Å². The zero-order chi connectivity index (χ0) is 17.6. The molecule has 2 aromatic rings. The molecule has 25 heavy (non-hydrogen) atoms. The number of benzene rings is 1. The highest BCUT2D eigenvalue weighted by Crippen LogP contribution is 2.32. The third-order valence-corrected chi connectivity index (χ3v) is 4.32. The Bertz CT molecular complexity index is 767. The first-order valence-corrected chi connectivity index (χ1v) is 8.43. The maximum absolute atomic E-state index is 12.4. The highest BCUT2D eigenvalue weighted by Gasteiger charge is 2.27. The summed E-state index contributed by atoms with van der Waals surface area (Å²) in [5.74, 6) is -0.115. The summed E-state index contributed by atoms with van der Waals surface area (Å²) in [5, 5.41) is 2.95. The summed E-state index contributed by atoms with van der Waals surface area (Å²) in [4.78, 5) is 29.9. The van der Waals surface area contributed by atoms with Crippen molar-refractivity contribution in [3.8, 4) is 0 Å². The van der Waals surface area contributed by atoms with Crippen molar-refractivity contribution in [3.63, 3.8) is 0 Å². The molecule has 3 rings (SSSR count). The fourth-order valence-corrected chi connectivity index (χ4v) is 3.07. The van der Waals surface area contributed by atoms with Gasteiger partial charge < -0.3 is 14.8 Å². The average molecular weight is 338 g/mol. The molecule has 1 atom stereocenters. The summed E-state index contributed by atoms with van der Waals surface area (Å²) in [6.45, 7) is 2.93. The van der Waals surface area contributed by atoms with Crippen molar-refractivity contribution in [1.29, 1.82) is 0 Å². The number of hydrogen-bond acceptors (Lipinski definition) is 3. The average Bonchev–Trinajstić information content (AvgIpc) is 3.12. The Kier molecular flexibility index (Phi) is 5.28. The zero-order valence-electron chi connectivity index (χ0n) is 14.3. The van der Waals surface area contributed by atoms with E-state index in [0.29, 0.717) is 6.54 Å². The number of fused-ring (bicyclic) bond motifs is 1. The Morgan fingerprint density at radius 2 is 2.12 bits per heavy atom. The Hall–Kier alpha value is -2.89. The van der Waals surface area contributed by atoms with Crippen molar-refractivity contribution in [2.24, 2.45) is 0 Å². The molecule has 0 aliphatic carbocycles. The molecule has 0 bridgehead atoms. The van der Waals surface area contributed by atoms with Gasteiger partial charge in [0.25, 0.3) is 0 Å². The van der Waals surface area contributed by atoms with Gasteiger partial charge in [-0.05, 0) is 23.6 Å². The minimum atomic E-state index is -0.257. The first-order chi connectivity index (χ1) is 12.1. The van der Waals surface area contributed by atoms with Crippen molar-refractivity contribution in [2.75, 3.05) is 6.54 Å². The van der Waals surface area contributed by atoms with Crippen LogP contribution in [0.15, 0.2) is 49.2 Å². The van der Waals surface area contributed by atoms with Crippen LogP contribution in [0.3, 0.4) is 0 Å². The lowest BCUT2D eigenvalue weighted by molar-refractivity contribution is -0.129. The molecule has 2 amide bonds. The van der Waals surface area contributed by atoms with Crippen LogP contribution in [0.1, 0.15) is 36.9 Å². The predicted molar refractivity (Wildman–Crippen MR) is 95.2 cm³/mol. The molecular formula is C19H22N4O2. The van der Waals surface area contributed by atoms with Gasteiger partial charge in [-0.3, -0.25) is 9.59 Å². The maximum Gasteiger partial charge on any atom is 0.223 e. The Balaban J connectivity index is 1.58. The highest BCUT2D eigenvalue weighted by atomic mass is 16.2. The lowest BCUT2D eigenvalue weighted by atomic mass is 9.93. The van der Waals surface area contributed by atoms with E-state index in [4.69, 9.17) is 0 Å². The summed E-state index contributed by atoms with van der Waals surface area (Å²) in [6.07, 6.45) is 10.2. The fraction of sp³-hybridized carbons (Fsp3) is 0.316. The molecule has 0 saturated carbocycles. The Labute approximate surface area is 147 Å². The van der Waals surface area contributed by atoms with Crippen molar-refractivity contribution in [1.82, 2.24) is 19.8 Å². The molecule has 1 aromatic heterocycles. The standard InChI is InChI=1S/C19H22N4O2/c1-15(24)23-11-7-16-5-2-3-6-17(16)18(23)13-19(25)21-8-4-10-22-12-9-20-14-22/h2-3,5-7,9,11-12,14,18H,4,8,10,13H2,1H3,(H,21,25)/t18-/m1/s1. The van der Waals surface area contributed by atoms with Gasteiger partial charge in [-0.15, -0.1) is 0 Å². The van der Waals surface area contributed by atoms with Gasteiger partial charge in [-0.25, -0.2) is 4.98 Å². The lowest BCUT2D eigenvalue weighted by Crippen LogP contribution is -2.35. The lowest BCUT2D eigenvalue weighted by Gasteiger charge is -2.32. The highest BCUT2D eigenvalue weighted by molar-refractivity contribution is 5.81. The van der Waals surface area contributed by atoms with Gasteiger partial charge in [0, 0.05) is 38.6 Å². The SMILES string of the molecule is CC(=O)N1C=Cc2ccccc2[C@H]1CC(=O)NCCCn1ccnc1.